The van der Waals surface area contributed by atoms with Gasteiger partial charge in [0.1, 0.15) is 5.71 Å². The van der Waals surface area contributed by atoms with Gasteiger partial charge in [0.15, 0.2) is 5.78 Å². The third kappa shape index (κ3) is 3.61. The lowest BCUT2D eigenvalue weighted by Gasteiger charge is -2.14. The van der Waals surface area contributed by atoms with Crippen LogP contribution < -0.4 is 0 Å². The molecule has 0 amide bonds. The van der Waals surface area contributed by atoms with Crippen molar-refractivity contribution in [2.75, 3.05) is 7.11 Å². The maximum atomic E-state index is 11.7. The Morgan fingerprint density at radius 2 is 1.84 bits per heavy atom. The summed E-state index contributed by atoms with van der Waals surface area (Å²) >= 11 is 0. The highest BCUT2D eigenvalue weighted by atomic mass is 16.7. The number of ketones is 1. The van der Waals surface area contributed by atoms with Crippen LogP contribution >= 0.6 is 0 Å². The summed E-state index contributed by atoms with van der Waals surface area (Å²) in [5.41, 5.74) is 1.46. The number of esters is 1. The molecule has 0 saturated carbocycles. The van der Waals surface area contributed by atoms with E-state index in [4.69, 9.17) is 0 Å². The van der Waals surface area contributed by atoms with Crippen molar-refractivity contribution in [2.24, 2.45) is 11.1 Å². The van der Waals surface area contributed by atoms with Crippen LogP contribution in [0.25, 0.3) is 0 Å². The second kappa shape index (κ2) is 6.08. The molecule has 0 aliphatic heterocycles. The molecule has 1 rings (SSSR count). The van der Waals surface area contributed by atoms with Crippen LogP contribution in [0.3, 0.4) is 0 Å². The van der Waals surface area contributed by atoms with Crippen molar-refractivity contribution in [2.45, 2.75) is 20.8 Å². The van der Waals surface area contributed by atoms with Crippen molar-refractivity contribution < 1.29 is 24.0 Å². The maximum absolute atomic E-state index is 11.7. The average molecular weight is 265 g/mol. The summed E-state index contributed by atoms with van der Waals surface area (Å²) in [4.78, 5) is 38.1. The molecule has 0 heterocycles. The second-order valence-electron chi connectivity index (χ2n) is 4.29. The van der Waals surface area contributed by atoms with Gasteiger partial charge in [-0.05, 0) is 30.6 Å². The molecule has 0 fully saturated rings. The third-order valence-corrected chi connectivity index (χ3v) is 2.53. The van der Waals surface area contributed by atoms with Crippen molar-refractivity contribution >= 4 is 23.4 Å². The Balaban J connectivity index is 2.93. The summed E-state index contributed by atoms with van der Waals surface area (Å²) in [5, 5.41) is 3.57. The van der Waals surface area contributed by atoms with Gasteiger partial charge in [-0.25, -0.2) is 9.59 Å². The van der Waals surface area contributed by atoms with E-state index in [-0.39, 0.29) is 11.7 Å². The van der Waals surface area contributed by atoms with Crippen molar-refractivity contribution in [3.63, 3.8) is 0 Å². The number of rotatable bonds is 2. The minimum absolute atomic E-state index is 0.0263. The molecule has 0 unspecified atom stereocenters. The molecule has 102 valence electrons. The van der Waals surface area contributed by atoms with Gasteiger partial charge in [-0.15, -0.1) is 0 Å². The lowest BCUT2D eigenvalue weighted by atomic mass is 9.90. The molecule has 0 saturated heterocycles. The van der Waals surface area contributed by atoms with Gasteiger partial charge in [0, 0.05) is 5.57 Å². The molecule has 0 bridgehead atoms. The normalized spacial score (nSPS) is 17.1. The number of hydrogen-bond donors (Lipinski definition) is 0. The first kappa shape index (κ1) is 14.8. The van der Waals surface area contributed by atoms with Crippen molar-refractivity contribution in [3.8, 4) is 0 Å². The first-order valence-corrected chi connectivity index (χ1v) is 5.68. The van der Waals surface area contributed by atoms with Gasteiger partial charge in [-0.2, -0.15) is 0 Å². The lowest BCUT2D eigenvalue weighted by molar-refractivity contribution is -0.165. The number of oxime groups is 1. The molecule has 0 aromatic carbocycles. The Kier molecular flexibility index (Phi) is 4.74. The molecule has 0 spiro atoms. The molecule has 0 aromatic heterocycles. The highest BCUT2D eigenvalue weighted by Crippen LogP contribution is 2.19. The van der Waals surface area contributed by atoms with E-state index in [0.717, 1.165) is 7.11 Å². The third-order valence-electron chi connectivity index (χ3n) is 2.53. The number of carbonyl (C=O) groups is 3. The monoisotopic (exact) mass is 265 g/mol. The van der Waals surface area contributed by atoms with Crippen molar-refractivity contribution in [1.82, 2.24) is 0 Å². The van der Waals surface area contributed by atoms with Crippen LogP contribution in [0.5, 0.6) is 0 Å². The van der Waals surface area contributed by atoms with Crippen LogP contribution in [0.4, 0.5) is 0 Å². The summed E-state index contributed by atoms with van der Waals surface area (Å²) in [6, 6.07) is 0. The minimum atomic E-state index is -1.21. The van der Waals surface area contributed by atoms with E-state index in [1.54, 1.807) is 13.0 Å². The molecule has 6 nitrogen and oxygen atoms in total. The van der Waals surface area contributed by atoms with Gasteiger partial charge >= 0.3 is 11.9 Å². The zero-order valence-corrected chi connectivity index (χ0v) is 11.2. The average Bonchev–Trinajstić information content (AvgIpc) is 2.35. The van der Waals surface area contributed by atoms with Gasteiger partial charge < -0.3 is 9.57 Å². The lowest BCUT2D eigenvalue weighted by Crippen LogP contribution is -2.19. The quantitative estimate of drug-likeness (QED) is 0.246. The standard InChI is InChI=1S/C13H15NO5/c1-7(2)9-6-10(8(3)5-11(9)15)14-19-13(17)12(16)18-4/h5-7H,1-4H3. The Labute approximate surface area is 110 Å². The molecule has 0 radical (unpaired) electrons. The van der Waals surface area contributed by atoms with Gasteiger partial charge in [0.05, 0.1) is 7.11 Å². The molecular formula is C13H15NO5. The van der Waals surface area contributed by atoms with Gasteiger partial charge in [0.2, 0.25) is 0 Å². The van der Waals surface area contributed by atoms with E-state index in [1.165, 1.54) is 6.08 Å². The summed E-state index contributed by atoms with van der Waals surface area (Å²) in [6.45, 7) is 5.41. The van der Waals surface area contributed by atoms with E-state index >= 15 is 0 Å². The number of ether oxygens (including phenoxy) is 1. The summed E-state index contributed by atoms with van der Waals surface area (Å²) in [6.07, 6.45) is 2.97. The highest BCUT2D eigenvalue weighted by Gasteiger charge is 2.21. The molecule has 0 atom stereocenters. The summed E-state index contributed by atoms with van der Waals surface area (Å²) < 4.78 is 4.19. The Hall–Kier alpha value is -2.24. The van der Waals surface area contributed by atoms with Gasteiger partial charge in [-0.3, -0.25) is 4.79 Å². The maximum Gasteiger partial charge on any atom is 0.443 e. The number of nitrogens with zero attached hydrogens (tertiary/aromatic N) is 1. The van der Waals surface area contributed by atoms with Crippen LogP contribution in [-0.2, 0) is 24.0 Å². The van der Waals surface area contributed by atoms with Crippen molar-refractivity contribution in [1.29, 1.82) is 0 Å². The molecule has 0 aromatic rings. The molecule has 0 N–H and O–H groups in total. The Bertz CT molecular complexity index is 511. The Morgan fingerprint density at radius 1 is 1.21 bits per heavy atom. The summed E-state index contributed by atoms with van der Waals surface area (Å²) in [7, 11) is 1.07. The number of allylic oxidation sites excluding steroid dienone is 4. The highest BCUT2D eigenvalue weighted by molar-refractivity contribution is 6.30. The second-order valence-corrected chi connectivity index (χ2v) is 4.29. The fourth-order valence-corrected chi connectivity index (χ4v) is 1.45. The predicted molar refractivity (Wildman–Crippen MR) is 67.2 cm³/mol. The van der Waals surface area contributed by atoms with Crippen LogP contribution in [0.2, 0.25) is 0 Å². The number of hydrogen-bond acceptors (Lipinski definition) is 6. The SMILES string of the molecule is COC(=O)C(=O)ON=C1C=C(C(C)C)C(=O)C=C1C. The first-order valence-electron chi connectivity index (χ1n) is 5.68. The smallest absolute Gasteiger partial charge is 0.443 e. The van der Waals surface area contributed by atoms with E-state index in [1.807, 2.05) is 13.8 Å². The topological polar surface area (TPSA) is 82.0 Å². The minimum Gasteiger partial charge on any atom is -0.461 e. The zero-order chi connectivity index (χ0) is 14.6. The fraction of sp³-hybridized carbons (Fsp3) is 0.385. The van der Waals surface area contributed by atoms with Crippen LogP contribution in [0, 0.1) is 5.92 Å². The van der Waals surface area contributed by atoms with Crippen LogP contribution in [0.15, 0.2) is 28.5 Å². The van der Waals surface area contributed by atoms with Crippen LogP contribution in [-0.4, -0.2) is 30.5 Å². The summed E-state index contributed by atoms with van der Waals surface area (Å²) in [5.74, 6) is -2.41. The van der Waals surface area contributed by atoms with E-state index < -0.39 is 11.9 Å². The van der Waals surface area contributed by atoms with E-state index in [2.05, 4.69) is 14.7 Å². The largest absolute Gasteiger partial charge is 0.461 e. The molecule has 6 heteroatoms. The van der Waals surface area contributed by atoms with E-state index in [0.29, 0.717) is 16.9 Å². The molecule has 1 aliphatic rings. The van der Waals surface area contributed by atoms with Crippen molar-refractivity contribution in [3.05, 3.63) is 23.3 Å². The number of methoxy groups -OCH3 is 1. The Morgan fingerprint density at radius 3 is 2.37 bits per heavy atom. The van der Waals surface area contributed by atoms with E-state index in [9.17, 15) is 14.4 Å². The van der Waals surface area contributed by atoms with Crippen LogP contribution in [0.1, 0.15) is 20.8 Å². The molecule has 1 aliphatic carbocycles. The molecule has 19 heavy (non-hydrogen) atoms. The predicted octanol–water partition coefficient (Wildman–Crippen LogP) is 1.17. The molecular weight excluding hydrogens is 250 g/mol. The van der Waals surface area contributed by atoms with Gasteiger partial charge in [-0.1, -0.05) is 19.0 Å². The fourth-order valence-electron chi connectivity index (χ4n) is 1.45. The number of carbonyl (C=O) groups excluding carboxylic acids is 3. The zero-order valence-electron chi connectivity index (χ0n) is 11.2. The first-order chi connectivity index (χ1) is 8.86. The van der Waals surface area contributed by atoms with Gasteiger partial charge in [0.25, 0.3) is 0 Å².